The summed E-state index contributed by atoms with van der Waals surface area (Å²) in [6.07, 6.45) is 0. The van der Waals surface area contributed by atoms with Crippen LogP contribution in [0, 0.1) is 35.3 Å². The highest BCUT2D eigenvalue weighted by Gasteiger charge is 2.14. The van der Waals surface area contributed by atoms with Gasteiger partial charge in [0.15, 0.2) is 0 Å². The standard InChI is InChI=1S/C17H15N5O4S/c1-10-6-11(2)19-17(14(10)8-18)27-9-15(23)20-21-16(24)12-4-3-5-13(7-12)22(25)26/h3-7H,9H2,1-2H3,(H,20,23)(H,21,24). The van der Waals surface area contributed by atoms with Crippen molar-refractivity contribution in [2.24, 2.45) is 0 Å². The Morgan fingerprint density at radius 2 is 2.04 bits per heavy atom. The molecule has 0 radical (unpaired) electrons. The number of benzene rings is 1. The lowest BCUT2D eigenvalue weighted by Gasteiger charge is -2.09. The van der Waals surface area contributed by atoms with Crippen molar-refractivity contribution in [1.29, 1.82) is 5.26 Å². The lowest BCUT2D eigenvalue weighted by molar-refractivity contribution is -0.384. The molecule has 0 spiro atoms. The zero-order chi connectivity index (χ0) is 20.0. The molecule has 10 heteroatoms. The molecule has 1 aromatic carbocycles. The number of aryl methyl sites for hydroxylation is 2. The number of nitro benzene ring substituents is 1. The molecule has 27 heavy (non-hydrogen) atoms. The molecule has 0 aliphatic rings. The number of nitriles is 1. The molecular formula is C17H15N5O4S. The third-order valence-corrected chi connectivity index (χ3v) is 4.37. The van der Waals surface area contributed by atoms with E-state index in [0.717, 1.165) is 29.1 Å². The van der Waals surface area contributed by atoms with E-state index in [4.69, 9.17) is 0 Å². The summed E-state index contributed by atoms with van der Waals surface area (Å²) in [5, 5.41) is 20.4. The first-order chi connectivity index (χ1) is 12.8. The molecule has 2 N–H and O–H groups in total. The van der Waals surface area contributed by atoms with Gasteiger partial charge in [-0.3, -0.25) is 30.6 Å². The van der Waals surface area contributed by atoms with Crippen LogP contribution >= 0.6 is 11.8 Å². The molecule has 2 rings (SSSR count). The minimum atomic E-state index is -0.681. The number of nitro groups is 1. The highest BCUT2D eigenvalue weighted by Crippen LogP contribution is 2.23. The van der Waals surface area contributed by atoms with Crippen LogP contribution < -0.4 is 10.9 Å². The normalized spacial score (nSPS) is 9.96. The number of thioether (sulfide) groups is 1. The van der Waals surface area contributed by atoms with Crippen LogP contribution in [0.15, 0.2) is 35.4 Å². The average molecular weight is 385 g/mol. The van der Waals surface area contributed by atoms with E-state index in [0.29, 0.717) is 10.6 Å². The quantitative estimate of drug-likeness (QED) is 0.456. The maximum atomic E-state index is 12.0. The van der Waals surface area contributed by atoms with Crippen molar-refractivity contribution < 1.29 is 14.5 Å². The van der Waals surface area contributed by atoms with Crippen LogP contribution in [-0.4, -0.2) is 27.5 Å². The summed E-state index contributed by atoms with van der Waals surface area (Å²) in [4.78, 5) is 38.3. The van der Waals surface area contributed by atoms with E-state index in [9.17, 15) is 25.0 Å². The number of carbonyl (C=O) groups excluding carboxylic acids is 2. The van der Waals surface area contributed by atoms with Crippen LogP contribution in [0.1, 0.15) is 27.2 Å². The number of non-ortho nitro benzene ring substituents is 1. The fourth-order valence-electron chi connectivity index (χ4n) is 2.17. The first-order valence-electron chi connectivity index (χ1n) is 7.66. The van der Waals surface area contributed by atoms with Crippen LogP contribution in [0.3, 0.4) is 0 Å². The summed E-state index contributed by atoms with van der Waals surface area (Å²) in [6.45, 7) is 3.58. The molecule has 0 aliphatic carbocycles. The summed E-state index contributed by atoms with van der Waals surface area (Å²) < 4.78 is 0. The van der Waals surface area contributed by atoms with E-state index in [1.54, 1.807) is 19.9 Å². The van der Waals surface area contributed by atoms with Crippen LogP contribution in [-0.2, 0) is 4.79 Å². The van der Waals surface area contributed by atoms with E-state index in [1.165, 1.54) is 18.2 Å². The Labute approximate surface area is 158 Å². The number of hydrazine groups is 1. The molecule has 2 amide bonds. The molecule has 0 saturated heterocycles. The second kappa shape index (κ2) is 8.77. The lowest BCUT2D eigenvalue weighted by Crippen LogP contribution is -2.42. The number of hydrogen-bond donors (Lipinski definition) is 2. The summed E-state index contributed by atoms with van der Waals surface area (Å²) in [5.41, 5.74) is 6.14. The van der Waals surface area contributed by atoms with Gasteiger partial charge in [-0.2, -0.15) is 5.26 Å². The van der Waals surface area contributed by atoms with Gasteiger partial charge in [-0.05, 0) is 31.5 Å². The Balaban J connectivity index is 1.94. The van der Waals surface area contributed by atoms with E-state index in [1.807, 2.05) is 0 Å². The van der Waals surface area contributed by atoms with Crippen molar-refractivity contribution in [2.75, 3.05) is 5.75 Å². The highest BCUT2D eigenvalue weighted by atomic mass is 32.2. The molecule has 2 aromatic rings. The van der Waals surface area contributed by atoms with Gasteiger partial charge >= 0.3 is 0 Å². The summed E-state index contributed by atoms with van der Waals surface area (Å²) in [6, 6.07) is 8.97. The second-order valence-corrected chi connectivity index (χ2v) is 6.43. The lowest BCUT2D eigenvalue weighted by atomic mass is 10.1. The topological polar surface area (TPSA) is 138 Å². The van der Waals surface area contributed by atoms with E-state index in [2.05, 4.69) is 21.9 Å². The highest BCUT2D eigenvalue weighted by molar-refractivity contribution is 8.00. The minimum absolute atomic E-state index is 0.0416. The Morgan fingerprint density at radius 1 is 1.30 bits per heavy atom. The van der Waals surface area contributed by atoms with Crippen molar-refractivity contribution in [1.82, 2.24) is 15.8 Å². The third-order valence-electron chi connectivity index (χ3n) is 3.40. The van der Waals surface area contributed by atoms with E-state index in [-0.39, 0.29) is 17.0 Å². The number of nitrogens with zero attached hydrogens (tertiary/aromatic N) is 3. The monoisotopic (exact) mass is 385 g/mol. The number of amides is 2. The maximum absolute atomic E-state index is 12.0. The molecule has 0 fully saturated rings. The Bertz CT molecular complexity index is 955. The average Bonchev–Trinajstić information content (AvgIpc) is 2.64. The van der Waals surface area contributed by atoms with Crippen molar-refractivity contribution in [2.45, 2.75) is 18.9 Å². The third kappa shape index (κ3) is 5.26. The van der Waals surface area contributed by atoms with E-state index < -0.39 is 16.7 Å². The van der Waals surface area contributed by atoms with Crippen LogP contribution in [0.5, 0.6) is 0 Å². The summed E-state index contributed by atoms with van der Waals surface area (Å²) in [5.74, 6) is -1.26. The molecule has 0 atom stereocenters. The molecule has 9 nitrogen and oxygen atoms in total. The van der Waals surface area contributed by atoms with Crippen molar-refractivity contribution in [3.8, 4) is 6.07 Å². The van der Waals surface area contributed by atoms with Gasteiger partial charge < -0.3 is 0 Å². The molecule has 0 bridgehead atoms. The second-order valence-electron chi connectivity index (χ2n) is 5.47. The predicted molar refractivity (Wildman–Crippen MR) is 97.9 cm³/mol. The Morgan fingerprint density at radius 3 is 2.70 bits per heavy atom. The fraction of sp³-hybridized carbons (Fsp3) is 0.176. The van der Waals surface area contributed by atoms with Gasteiger partial charge in [-0.25, -0.2) is 4.98 Å². The van der Waals surface area contributed by atoms with Gasteiger partial charge in [0.25, 0.3) is 11.6 Å². The van der Waals surface area contributed by atoms with Crippen LogP contribution in [0.25, 0.3) is 0 Å². The van der Waals surface area contributed by atoms with Crippen LogP contribution in [0.2, 0.25) is 0 Å². The van der Waals surface area contributed by atoms with Gasteiger partial charge in [0.05, 0.1) is 16.2 Å². The first kappa shape index (κ1) is 19.9. The molecule has 0 saturated carbocycles. The minimum Gasteiger partial charge on any atom is -0.272 e. The van der Waals surface area contributed by atoms with Gasteiger partial charge in [-0.15, -0.1) is 0 Å². The number of nitrogens with one attached hydrogen (secondary N) is 2. The Hall–Kier alpha value is -3.45. The largest absolute Gasteiger partial charge is 0.272 e. The molecule has 138 valence electrons. The zero-order valence-corrected chi connectivity index (χ0v) is 15.3. The number of rotatable bonds is 5. The molecular weight excluding hydrogens is 370 g/mol. The van der Waals surface area contributed by atoms with Crippen LogP contribution in [0.4, 0.5) is 5.69 Å². The zero-order valence-electron chi connectivity index (χ0n) is 14.5. The molecule has 1 heterocycles. The van der Waals surface area contributed by atoms with Gasteiger partial charge in [-0.1, -0.05) is 17.8 Å². The molecule has 0 aliphatic heterocycles. The first-order valence-corrected chi connectivity index (χ1v) is 8.65. The smallest absolute Gasteiger partial charge is 0.270 e. The Kier molecular flexibility index (Phi) is 6.46. The van der Waals surface area contributed by atoms with Crippen molar-refractivity contribution >= 4 is 29.3 Å². The van der Waals surface area contributed by atoms with Gasteiger partial charge in [0.1, 0.15) is 11.1 Å². The molecule has 0 unspecified atom stereocenters. The fourth-order valence-corrected chi connectivity index (χ4v) is 3.07. The van der Waals surface area contributed by atoms with Crippen molar-refractivity contribution in [3.63, 3.8) is 0 Å². The maximum Gasteiger partial charge on any atom is 0.270 e. The van der Waals surface area contributed by atoms with Gasteiger partial charge in [0, 0.05) is 23.4 Å². The van der Waals surface area contributed by atoms with E-state index >= 15 is 0 Å². The van der Waals surface area contributed by atoms with Gasteiger partial charge in [0.2, 0.25) is 5.91 Å². The SMILES string of the molecule is Cc1cc(C)c(C#N)c(SCC(=O)NNC(=O)c2cccc([N+](=O)[O-])c2)n1. The number of pyridine rings is 1. The predicted octanol–water partition coefficient (Wildman–Crippen LogP) is 2.03. The molecule has 1 aromatic heterocycles. The number of carbonyl (C=O) groups is 2. The summed E-state index contributed by atoms with van der Waals surface area (Å²) >= 11 is 1.08. The number of aromatic nitrogens is 1. The number of hydrogen-bond acceptors (Lipinski definition) is 7. The summed E-state index contributed by atoms with van der Waals surface area (Å²) in [7, 11) is 0. The van der Waals surface area contributed by atoms with Crippen molar-refractivity contribution in [3.05, 3.63) is 62.8 Å².